The van der Waals surface area contributed by atoms with Gasteiger partial charge in [0.1, 0.15) is 0 Å². The maximum Gasteiger partial charge on any atom is 0.0992 e. The lowest BCUT2D eigenvalue weighted by atomic mass is 10.0. The summed E-state index contributed by atoms with van der Waals surface area (Å²) in [6.45, 7) is 4.35. The summed E-state index contributed by atoms with van der Waals surface area (Å²) in [7, 11) is 0. The van der Waals surface area contributed by atoms with E-state index in [9.17, 15) is 0 Å². The van der Waals surface area contributed by atoms with Crippen LogP contribution in [0.25, 0.3) is 0 Å². The average molecular weight is 315 g/mol. The summed E-state index contributed by atoms with van der Waals surface area (Å²) in [5, 5.41) is 12.3. The maximum atomic E-state index is 8.97. The summed E-state index contributed by atoms with van der Waals surface area (Å²) in [4.78, 5) is 0. The van der Waals surface area contributed by atoms with Crippen molar-refractivity contribution >= 4 is 27.3 Å². The van der Waals surface area contributed by atoms with Crippen LogP contribution >= 0.6 is 15.9 Å². The second-order valence-corrected chi connectivity index (χ2v) is 5.66. The van der Waals surface area contributed by atoms with Gasteiger partial charge in [0, 0.05) is 15.8 Å². The molecular formula is C16H15BrN2. The summed E-state index contributed by atoms with van der Waals surface area (Å²) in [6.07, 6.45) is 0. The van der Waals surface area contributed by atoms with Crippen LogP contribution in [0.4, 0.5) is 11.4 Å². The standard InChI is InChI=1S/C16H15BrN2/c1-11(2)13-4-3-5-15(8-13)19-16-7-12(10-18)6-14(17)9-16/h3-9,11,19H,1-2H3. The van der Waals surface area contributed by atoms with Crippen LogP contribution in [0.1, 0.15) is 30.9 Å². The Balaban J connectivity index is 2.28. The van der Waals surface area contributed by atoms with E-state index in [2.05, 4.69) is 53.3 Å². The number of nitriles is 1. The molecule has 0 unspecified atom stereocenters. The predicted molar refractivity (Wildman–Crippen MR) is 82.7 cm³/mol. The van der Waals surface area contributed by atoms with Gasteiger partial charge >= 0.3 is 0 Å². The molecule has 0 amide bonds. The zero-order chi connectivity index (χ0) is 13.8. The Bertz CT molecular complexity index is 627. The second-order valence-electron chi connectivity index (χ2n) is 4.75. The van der Waals surface area contributed by atoms with E-state index in [1.54, 1.807) is 6.07 Å². The summed E-state index contributed by atoms with van der Waals surface area (Å²) >= 11 is 3.41. The molecule has 3 heteroatoms. The van der Waals surface area contributed by atoms with Gasteiger partial charge in [-0.05, 0) is 41.8 Å². The fraction of sp³-hybridized carbons (Fsp3) is 0.188. The molecule has 2 rings (SSSR count). The molecular weight excluding hydrogens is 300 g/mol. The third kappa shape index (κ3) is 3.59. The largest absolute Gasteiger partial charge is 0.355 e. The van der Waals surface area contributed by atoms with Crippen LogP contribution in [0.5, 0.6) is 0 Å². The number of rotatable bonds is 3. The summed E-state index contributed by atoms with van der Waals surface area (Å²) < 4.78 is 0.897. The first-order valence-electron chi connectivity index (χ1n) is 6.16. The van der Waals surface area contributed by atoms with Gasteiger partial charge in [-0.25, -0.2) is 0 Å². The molecule has 19 heavy (non-hydrogen) atoms. The molecule has 0 atom stereocenters. The van der Waals surface area contributed by atoms with Crippen LogP contribution in [0.2, 0.25) is 0 Å². The molecule has 0 heterocycles. The van der Waals surface area contributed by atoms with Crippen molar-refractivity contribution in [1.82, 2.24) is 0 Å². The van der Waals surface area contributed by atoms with Crippen LogP contribution in [0.3, 0.4) is 0 Å². The van der Waals surface area contributed by atoms with E-state index in [-0.39, 0.29) is 0 Å². The van der Waals surface area contributed by atoms with Gasteiger partial charge in [0.2, 0.25) is 0 Å². The molecule has 96 valence electrons. The Morgan fingerprint density at radius 2 is 1.89 bits per heavy atom. The van der Waals surface area contributed by atoms with Gasteiger partial charge in [0.05, 0.1) is 11.6 Å². The topological polar surface area (TPSA) is 35.8 Å². The van der Waals surface area contributed by atoms with Crippen molar-refractivity contribution < 1.29 is 0 Å². The van der Waals surface area contributed by atoms with E-state index in [0.29, 0.717) is 11.5 Å². The Kier molecular flexibility index (Phi) is 4.24. The number of nitrogens with one attached hydrogen (secondary N) is 1. The monoisotopic (exact) mass is 314 g/mol. The van der Waals surface area contributed by atoms with Gasteiger partial charge in [-0.1, -0.05) is 41.9 Å². The average Bonchev–Trinajstić information content (AvgIpc) is 2.38. The molecule has 2 aromatic rings. The van der Waals surface area contributed by atoms with E-state index < -0.39 is 0 Å². The van der Waals surface area contributed by atoms with Gasteiger partial charge < -0.3 is 5.32 Å². The SMILES string of the molecule is CC(C)c1cccc(Nc2cc(Br)cc(C#N)c2)c1. The third-order valence-corrected chi connectivity index (χ3v) is 3.33. The Hall–Kier alpha value is -1.79. The first-order valence-corrected chi connectivity index (χ1v) is 6.95. The van der Waals surface area contributed by atoms with Crippen LogP contribution in [-0.2, 0) is 0 Å². The molecule has 2 nitrogen and oxygen atoms in total. The van der Waals surface area contributed by atoms with Crippen LogP contribution < -0.4 is 5.32 Å². The molecule has 0 fully saturated rings. The molecule has 1 N–H and O–H groups in total. The summed E-state index contributed by atoms with van der Waals surface area (Å²) in [6, 6.07) is 16.1. The first-order chi connectivity index (χ1) is 9.08. The van der Waals surface area contributed by atoms with E-state index in [1.807, 2.05) is 24.3 Å². The lowest BCUT2D eigenvalue weighted by Crippen LogP contribution is -1.94. The van der Waals surface area contributed by atoms with Crippen LogP contribution in [-0.4, -0.2) is 0 Å². The van der Waals surface area contributed by atoms with Crippen molar-refractivity contribution in [2.24, 2.45) is 0 Å². The molecule has 0 aliphatic heterocycles. The van der Waals surface area contributed by atoms with Gasteiger partial charge in [-0.2, -0.15) is 5.26 Å². The summed E-state index contributed by atoms with van der Waals surface area (Å²) in [5.41, 5.74) is 3.87. The Labute approximate surface area is 122 Å². The van der Waals surface area contributed by atoms with Crippen molar-refractivity contribution in [3.8, 4) is 6.07 Å². The van der Waals surface area contributed by atoms with Crippen molar-refractivity contribution in [3.63, 3.8) is 0 Å². The third-order valence-electron chi connectivity index (χ3n) is 2.87. The van der Waals surface area contributed by atoms with Gasteiger partial charge in [0.15, 0.2) is 0 Å². The fourth-order valence-corrected chi connectivity index (χ4v) is 2.36. The van der Waals surface area contributed by atoms with E-state index in [4.69, 9.17) is 5.26 Å². The summed E-state index contributed by atoms with van der Waals surface area (Å²) in [5.74, 6) is 0.499. The lowest BCUT2D eigenvalue weighted by molar-refractivity contribution is 0.867. The molecule has 0 radical (unpaired) electrons. The van der Waals surface area contributed by atoms with E-state index >= 15 is 0 Å². The number of benzene rings is 2. The van der Waals surface area contributed by atoms with E-state index in [1.165, 1.54) is 5.56 Å². The molecule has 0 saturated carbocycles. The molecule has 0 saturated heterocycles. The zero-order valence-electron chi connectivity index (χ0n) is 10.9. The molecule has 0 spiro atoms. The molecule has 0 bridgehead atoms. The van der Waals surface area contributed by atoms with E-state index in [0.717, 1.165) is 15.8 Å². The smallest absolute Gasteiger partial charge is 0.0992 e. The molecule has 0 aliphatic carbocycles. The number of hydrogen-bond acceptors (Lipinski definition) is 2. The minimum atomic E-state index is 0.499. The fourth-order valence-electron chi connectivity index (χ4n) is 1.87. The lowest BCUT2D eigenvalue weighted by Gasteiger charge is -2.11. The highest BCUT2D eigenvalue weighted by molar-refractivity contribution is 9.10. The zero-order valence-corrected chi connectivity index (χ0v) is 12.5. The Morgan fingerprint density at radius 1 is 1.11 bits per heavy atom. The number of hydrogen-bond donors (Lipinski definition) is 1. The van der Waals surface area contributed by atoms with Crippen LogP contribution in [0.15, 0.2) is 46.9 Å². The molecule has 2 aromatic carbocycles. The normalized spacial score (nSPS) is 10.3. The Morgan fingerprint density at radius 3 is 2.58 bits per heavy atom. The maximum absolute atomic E-state index is 8.97. The van der Waals surface area contributed by atoms with Crippen molar-refractivity contribution in [2.45, 2.75) is 19.8 Å². The van der Waals surface area contributed by atoms with Crippen molar-refractivity contribution in [3.05, 3.63) is 58.1 Å². The molecule has 0 aliphatic rings. The van der Waals surface area contributed by atoms with Crippen LogP contribution in [0, 0.1) is 11.3 Å². The number of anilines is 2. The van der Waals surface area contributed by atoms with Gasteiger partial charge in [-0.3, -0.25) is 0 Å². The first kappa shape index (κ1) is 13.6. The number of nitrogens with zero attached hydrogens (tertiary/aromatic N) is 1. The highest BCUT2D eigenvalue weighted by Crippen LogP contribution is 2.25. The predicted octanol–water partition coefficient (Wildman–Crippen LogP) is 5.19. The minimum absolute atomic E-state index is 0.499. The quantitative estimate of drug-likeness (QED) is 0.846. The van der Waals surface area contributed by atoms with Crippen molar-refractivity contribution in [1.29, 1.82) is 5.26 Å². The number of halogens is 1. The van der Waals surface area contributed by atoms with Crippen molar-refractivity contribution in [2.75, 3.05) is 5.32 Å². The van der Waals surface area contributed by atoms with Gasteiger partial charge in [-0.15, -0.1) is 0 Å². The highest BCUT2D eigenvalue weighted by atomic mass is 79.9. The molecule has 0 aromatic heterocycles. The highest BCUT2D eigenvalue weighted by Gasteiger charge is 2.02. The minimum Gasteiger partial charge on any atom is -0.355 e. The van der Waals surface area contributed by atoms with Gasteiger partial charge in [0.25, 0.3) is 0 Å². The second kappa shape index (κ2) is 5.90.